The number of anilines is 1. The molecule has 2 aromatic rings. The number of nitrogens with zero attached hydrogens (tertiary/aromatic N) is 1. The quantitative estimate of drug-likeness (QED) is 0.868. The van der Waals surface area contributed by atoms with E-state index in [2.05, 4.69) is 41.6 Å². The van der Waals surface area contributed by atoms with Crippen molar-refractivity contribution in [3.8, 4) is 0 Å². The second-order valence-electron chi connectivity index (χ2n) is 7.02. The highest BCUT2D eigenvalue weighted by molar-refractivity contribution is 5.47. The molecule has 0 radical (unpaired) electrons. The van der Waals surface area contributed by atoms with Gasteiger partial charge in [0.25, 0.3) is 0 Å². The second-order valence-corrected chi connectivity index (χ2v) is 7.02. The standard InChI is InChI=1S/C19H22F3N3/c1-18(2)14-7-5-4-6-12(14)10-15(18)25-16-9-8-13(11-24-16)17(23-3)19(20,21)22/h4-9,11,15,17,23H,10H2,1-3H3,(H,24,25)/t15-,17?/m0/s1. The van der Waals surface area contributed by atoms with Crippen LogP contribution < -0.4 is 10.6 Å². The summed E-state index contributed by atoms with van der Waals surface area (Å²) in [6.45, 7) is 4.34. The van der Waals surface area contributed by atoms with Gasteiger partial charge in [-0.2, -0.15) is 13.2 Å². The molecule has 6 heteroatoms. The molecule has 0 saturated carbocycles. The SMILES string of the molecule is CNC(c1ccc(N[C@H]2Cc3ccccc3C2(C)C)nc1)C(F)(F)F. The summed E-state index contributed by atoms with van der Waals surface area (Å²) in [4.78, 5) is 4.20. The van der Waals surface area contributed by atoms with E-state index in [4.69, 9.17) is 0 Å². The molecular formula is C19H22F3N3. The smallest absolute Gasteiger partial charge is 0.366 e. The highest BCUT2D eigenvalue weighted by atomic mass is 19.4. The van der Waals surface area contributed by atoms with Gasteiger partial charge in [-0.25, -0.2) is 4.98 Å². The second kappa shape index (κ2) is 6.33. The Bertz CT molecular complexity index is 738. The number of hydrogen-bond donors (Lipinski definition) is 2. The van der Waals surface area contributed by atoms with E-state index in [9.17, 15) is 13.2 Å². The Hall–Kier alpha value is -2.08. The van der Waals surface area contributed by atoms with Crippen LogP contribution in [-0.4, -0.2) is 24.2 Å². The van der Waals surface area contributed by atoms with Gasteiger partial charge in [-0.1, -0.05) is 44.2 Å². The number of alkyl halides is 3. The van der Waals surface area contributed by atoms with Crippen LogP contribution in [0.4, 0.5) is 19.0 Å². The summed E-state index contributed by atoms with van der Waals surface area (Å²) in [5.41, 5.74) is 2.64. The molecule has 0 bridgehead atoms. The first-order chi connectivity index (χ1) is 11.7. The maximum atomic E-state index is 13.0. The monoisotopic (exact) mass is 349 g/mol. The van der Waals surface area contributed by atoms with Gasteiger partial charge in [0.1, 0.15) is 11.9 Å². The fourth-order valence-electron chi connectivity index (χ4n) is 3.58. The zero-order valence-corrected chi connectivity index (χ0v) is 14.5. The first-order valence-corrected chi connectivity index (χ1v) is 8.28. The molecule has 1 aliphatic rings. The van der Waals surface area contributed by atoms with Crippen LogP contribution in [0.3, 0.4) is 0 Å². The largest absolute Gasteiger partial charge is 0.407 e. The first-order valence-electron chi connectivity index (χ1n) is 8.28. The fraction of sp³-hybridized carbons (Fsp3) is 0.421. The van der Waals surface area contributed by atoms with Crippen molar-refractivity contribution in [2.45, 2.75) is 43.9 Å². The van der Waals surface area contributed by atoms with Crippen molar-refractivity contribution in [1.82, 2.24) is 10.3 Å². The van der Waals surface area contributed by atoms with E-state index in [-0.39, 0.29) is 17.0 Å². The summed E-state index contributed by atoms with van der Waals surface area (Å²) in [5, 5.41) is 5.68. The molecule has 0 fully saturated rings. The molecule has 3 rings (SSSR count). The number of hydrogen-bond acceptors (Lipinski definition) is 3. The Kier molecular flexibility index (Phi) is 4.49. The number of rotatable bonds is 4. The van der Waals surface area contributed by atoms with E-state index in [1.54, 1.807) is 6.07 Å². The topological polar surface area (TPSA) is 37.0 Å². The van der Waals surface area contributed by atoms with Crippen molar-refractivity contribution < 1.29 is 13.2 Å². The highest BCUT2D eigenvalue weighted by Crippen LogP contribution is 2.40. The number of fused-ring (bicyclic) bond motifs is 1. The van der Waals surface area contributed by atoms with E-state index in [1.807, 2.05) is 12.1 Å². The van der Waals surface area contributed by atoms with Crippen LogP contribution in [0.2, 0.25) is 0 Å². The third-order valence-electron chi connectivity index (χ3n) is 5.06. The first kappa shape index (κ1) is 17.7. The van der Waals surface area contributed by atoms with Crippen LogP contribution in [0, 0.1) is 0 Å². The van der Waals surface area contributed by atoms with E-state index >= 15 is 0 Å². The van der Waals surface area contributed by atoms with Crippen molar-refractivity contribution in [2.24, 2.45) is 0 Å². The van der Waals surface area contributed by atoms with E-state index in [0.29, 0.717) is 5.82 Å². The summed E-state index contributed by atoms with van der Waals surface area (Å²) in [6, 6.07) is 9.84. The van der Waals surface area contributed by atoms with Gasteiger partial charge in [0.05, 0.1) is 0 Å². The highest BCUT2D eigenvalue weighted by Gasteiger charge is 2.41. The minimum atomic E-state index is -4.35. The number of halogens is 3. The minimum Gasteiger partial charge on any atom is -0.366 e. The number of benzene rings is 1. The average Bonchev–Trinajstić information content (AvgIpc) is 2.80. The minimum absolute atomic E-state index is 0.0730. The maximum absolute atomic E-state index is 13.0. The van der Waals surface area contributed by atoms with Gasteiger partial charge in [0.15, 0.2) is 0 Å². The predicted octanol–water partition coefficient (Wildman–Crippen LogP) is 4.22. The number of pyridine rings is 1. The van der Waals surface area contributed by atoms with E-state index < -0.39 is 12.2 Å². The number of nitrogens with one attached hydrogen (secondary N) is 2. The third-order valence-corrected chi connectivity index (χ3v) is 5.06. The van der Waals surface area contributed by atoms with Gasteiger partial charge >= 0.3 is 6.18 Å². The summed E-state index contributed by atoms with van der Waals surface area (Å²) in [7, 11) is 1.29. The van der Waals surface area contributed by atoms with Gasteiger partial charge in [0, 0.05) is 17.7 Å². The van der Waals surface area contributed by atoms with E-state index in [0.717, 1.165) is 6.42 Å². The molecular weight excluding hydrogens is 327 g/mol. The molecule has 0 spiro atoms. The van der Waals surface area contributed by atoms with Gasteiger partial charge in [-0.3, -0.25) is 0 Å². The zero-order chi connectivity index (χ0) is 18.2. The van der Waals surface area contributed by atoms with Crippen LogP contribution in [0.15, 0.2) is 42.6 Å². The third kappa shape index (κ3) is 3.35. The van der Waals surface area contributed by atoms with Gasteiger partial charge in [-0.15, -0.1) is 0 Å². The fourth-order valence-corrected chi connectivity index (χ4v) is 3.58. The van der Waals surface area contributed by atoms with Crippen molar-refractivity contribution >= 4 is 5.82 Å². The molecule has 0 saturated heterocycles. The lowest BCUT2D eigenvalue weighted by molar-refractivity contribution is -0.156. The van der Waals surface area contributed by atoms with Crippen molar-refractivity contribution in [1.29, 1.82) is 0 Å². The lowest BCUT2D eigenvalue weighted by Crippen LogP contribution is -2.36. The Labute approximate surface area is 145 Å². The van der Waals surface area contributed by atoms with Crippen LogP contribution in [0.1, 0.15) is 36.6 Å². The average molecular weight is 349 g/mol. The normalized spacial score (nSPS) is 20.2. The van der Waals surface area contributed by atoms with Crippen molar-refractivity contribution in [3.05, 3.63) is 59.3 Å². The molecule has 2 atom stereocenters. The van der Waals surface area contributed by atoms with Crippen LogP contribution in [-0.2, 0) is 11.8 Å². The molecule has 0 amide bonds. The maximum Gasteiger partial charge on any atom is 0.407 e. The van der Waals surface area contributed by atoms with Gasteiger partial charge < -0.3 is 10.6 Å². The molecule has 3 nitrogen and oxygen atoms in total. The Morgan fingerprint density at radius 1 is 1.16 bits per heavy atom. The molecule has 1 aliphatic carbocycles. The zero-order valence-electron chi connectivity index (χ0n) is 14.5. The molecule has 134 valence electrons. The molecule has 1 heterocycles. The Balaban J connectivity index is 1.77. The lowest BCUT2D eigenvalue weighted by Gasteiger charge is -2.29. The molecule has 2 N–H and O–H groups in total. The predicted molar refractivity (Wildman–Crippen MR) is 92.7 cm³/mol. The summed E-state index contributed by atoms with van der Waals surface area (Å²) in [5.74, 6) is 0.589. The summed E-state index contributed by atoms with van der Waals surface area (Å²) >= 11 is 0. The van der Waals surface area contributed by atoms with Crippen molar-refractivity contribution in [3.63, 3.8) is 0 Å². The summed E-state index contributed by atoms with van der Waals surface area (Å²) < 4.78 is 38.9. The number of aromatic nitrogens is 1. The summed E-state index contributed by atoms with van der Waals surface area (Å²) in [6.07, 6.45) is -2.19. The van der Waals surface area contributed by atoms with Gasteiger partial charge in [-0.05, 0) is 36.2 Å². The molecule has 1 aromatic heterocycles. The molecule has 1 unspecified atom stereocenters. The Morgan fingerprint density at radius 2 is 1.88 bits per heavy atom. The van der Waals surface area contributed by atoms with Crippen LogP contribution >= 0.6 is 0 Å². The van der Waals surface area contributed by atoms with Crippen LogP contribution in [0.5, 0.6) is 0 Å². The van der Waals surface area contributed by atoms with Crippen molar-refractivity contribution in [2.75, 3.05) is 12.4 Å². The Morgan fingerprint density at radius 3 is 2.44 bits per heavy atom. The molecule has 0 aliphatic heterocycles. The molecule has 1 aromatic carbocycles. The van der Waals surface area contributed by atoms with Crippen LogP contribution in [0.25, 0.3) is 0 Å². The lowest BCUT2D eigenvalue weighted by atomic mass is 9.83. The van der Waals surface area contributed by atoms with Gasteiger partial charge in [0.2, 0.25) is 0 Å². The molecule has 25 heavy (non-hydrogen) atoms. The van der Waals surface area contributed by atoms with E-state index in [1.165, 1.54) is 30.4 Å².